The third kappa shape index (κ3) is 3.34. The van der Waals surface area contributed by atoms with E-state index in [-0.39, 0.29) is 0 Å². The lowest BCUT2D eigenvalue weighted by atomic mass is 9.77. The van der Waals surface area contributed by atoms with Gasteiger partial charge in [0.05, 0.1) is 0 Å². The third-order valence-electron chi connectivity index (χ3n) is 4.01. The van der Waals surface area contributed by atoms with Gasteiger partial charge in [-0.05, 0) is 48.6 Å². The molecule has 0 radical (unpaired) electrons. The lowest BCUT2D eigenvalue weighted by Crippen LogP contribution is -2.13. The van der Waals surface area contributed by atoms with Crippen LogP contribution >= 0.6 is 15.9 Å². The number of aryl methyl sites for hydroxylation is 1. The van der Waals surface area contributed by atoms with E-state index >= 15 is 0 Å². The molecule has 0 N–H and O–H groups in total. The van der Waals surface area contributed by atoms with Crippen LogP contribution in [0.2, 0.25) is 0 Å². The molecule has 0 aromatic heterocycles. The van der Waals surface area contributed by atoms with E-state index in [4.69, 9.17) is 0 Å². The molecule has 1 saturated carbocycles. The summed E-state index contributed by atoms with van der Waals surface area (Å²) in [6.45, 7) is 4.58. The number of rotatable bonds is 5. The molecule has 1 heteroatoms. The van der Waals surface area contributed by atoms with Crippen LogP contribution in [0.5, 0.6) is 0 Å². The smallest absolute Gasteiger partial charge is 0.0172 e. The lowest BCUT2D eigenvalue weighted by molar-refractivity contribution is 0.416. The first-order valence-electron chi connectivity index (χ1n) is 6.90. The van der Waals surface area contributed by atoms with Crippen molar-refractivity contribution in [3.8, 4) is 0 Å². The SMILES string of the molecule is CC(C)C(Br)CCc1ccccc1C1CCC1. The van der Waals surface area contributed by atoms with E-state index in [9.17, 15) is 0 Å². The fraction of sp³-hybridized carbons (Fsp3) is 0.625. The lowest BCUT2D eigenvalue weighted by Gasteiger charge is -2.28. The van der Waals surface area contributed by atoms with Crippen molar-refractivity contribution in [2.75, 3.05) is 0 Å². The Morgan fingerprint density at radius 1 is 1.24 bits per heavy atom. The molecule has 1 aliphatic carbocycles. The highest BCUT2D eigenvalue weighted by molar-refractivity contribution is 9.09. The molecule has 2 rings (SSSR count). The van der Waals surface area contributed by atoms with Crippen molar-refractivity contribution in [3.05, 3.63) is 35.4 Å². The average molecular weight is 295 g/mol. The molecule has 0 bridgehead atoms. The molecule has 1 atom stereocenters. The maximum absolute atomic E-state index is 3.79. The summed E-state index contributed by atoms with van der Waals surface area (Å²) in [6.07, 6.45) is 6.70. The van der Waals surface area contributed by atoms with E-state index < -0.39 is 0 Å². The van der Waals surface area contributed by atoms with Crippen molar-refractivity contribution in [1.29, 1.82) is 0 Å². The summed E-state index contributed by atoms with van der Waals surface area (Å²) in [5.74, 6) is 1.59. The molecule has 0 nitrogen and oxygen atoms in total. The quantitative estimate of drug-likeness (QED) is 0.646. The van der Waals surface area contributed by atoms with Crippen LogP contribution in [0.15, 0.2) is 24.3 Å². The van der Waals surface area contributed by atoms with E-state index in [1.54, 1.807) is 11.1 Å². The van der Waals surface area contributed by atoms with Gasteiger partial charge in [-0.25, -0.2) is 0 Å². The Morgan fingerprint density at radius 3 is 2.53 bits per heavy atom. The van der Waals surface area contributed by atoms with E-state index in [1.165, 1.54) is 32.1 Å². The maximum Gasteiger partial charge on any atom is 0.0172 e. The molecule has 1 aliphatic rings. The molecule has 0 spiro atoms. The molecular formula is C16H23Br. The summed E-state index contributed by atoms with van der Waals surface area (Å²) in [4.78, 5) is 0.650. The first-order chi connectivity index (χ1) is 8.18. The molecule has 94 valence electrons. The Bertz CT molecular complexity index is 352. The summed E-state index contributed by atoms with van der Waals surface area (Å²) in [6, 6.07) is 9.06. The van der Waals surface area contributed by atoms with Crippen molar-refractivity contribution in [3.63, 3.8) is 0 Å². The zero-order valence-corrected chi connectivity index (χ0v) is 12.5. The molecular weight excluding hydrogens is 272 g/mol. The van der Waals surface area contributed by atoms with Gasteiger partial charge in [0, 0.05) is 4.83 Å². The predicted molar refractivity (Wildman–Crippen MR) is 78.9 cm³/mol. The first-order valence-corrected chi connectivity index (χ1v) is 7.82. The monoisotopic (exact) mass is 294 g/mol. The molecule has 1 aromatic carbocycles. The highest BCUT2D eigenvalue weighted by Crippen LogP contribution is 2.38. The number of benzene rings is 1. The van der Waals surface area contributed by atoms with Crippen molar-refractivity contribution in [1.82, 2.24) is 0 Å². The fourth-order valence-corrected chi connectivity index (χ4v) is 2.74. The highest BCUT2D eigenvalue weighted by Gasteiger charge is 2.21. The summed E-state index contributed by atoms with van der Waals surface area (Å²) >= 11 is 3.79. The standard InChI is InChI=1S/C16H23Br/c1-12(2)16(17)11-10-14-6-3-4-9-15(14)13-7-5-8-13/h3-4,6,9,12-13,16H,5,7-8,10-11H2,1-2H3. The Morgan fingerprint density at radius 2 is 1.94 bits per heavy atom. The number of alkyl halides is 1. The van der Waals surface area contributed by atoms with Gasteiger partial charge in [-0.3, -0.25) is 0 Å². The molecule has 0 aliphatic heterocycles. The summed E-state index contributed by atoms with van der Waals surface area (Å²) < 4.78 is 0. The second-order valence-electron chi connectivity index (χ2n) is 5.63. The zero-order valence-electron chi connectivity index (χ0n) is 11.0. The minimum absolute atomic E-state index is 0.650. The van der Waals surface area contributed by atoms with Crippen LogP contribution in [0.3, 0.4) is 0 Å². The second-order valence-corrected chi connectivity index (χ2v) is 6.80. The number of hydrogen-bond donors (Lipinski definition) is 0. The normalized spacial score (nSPS) is 18.1. The molecule has 1 unspecified atom stereocenters. The van der Waals surface area contributed by atoms with E-state index in [0.29, 0.717) is 4.83 Å². The molecule has 1 aromatic rings. The largest absolute Gasteiger partial charge is 0.0888 e. The molecule has 17 heavy (non-hydrogen) atoms. The van der Waals surface area contributed by atoms with E-state index in [0.717, 1.165) is 11.8 Å². The van der Waals surface area contributed by atoms with Gasteiger partial charge in [0.2, 0.25) is 0 Å². The van der Waals surface area contributed by atoms with Crippen LogP contribution in [-0.4, -0.2) is 4.83 Å². The Labute approximate surface area is 114 Å². The van der Waals surface area contributed by atoms with Gasteiger partial charge in [0.15, 0.2) is 0 Å². The number of hydrogen-bond acceptors (Lipinski definition) is 0. The van der Waals surface area contributed by atoms with Crippen LogP contribution in [-0.2, 0) is 6.42 Å². The van der Waals surface area contributed by atoms with Crippen molar-refractivity contribution >= 4 is 15.9 Å². The highest BCUT2D eigenvalue weighted by atomic mass is 79.9. The molecule has 0 saturated heterocycles. The summed E-state index contributed by atoms with van der Waals surface area (Å²) in [5, 5.41) is 0. The van der Waals surface area contributed by atoms with Crippen LogP contribution < -0.4 is 0 Å². The van der Waals surface area contributed by atoms with Crippen LogP contribution in [0, 0.1) is 5.92 Å². The van der Waals surface area contributed by atoms with Gasteiger partial charge in [-0.1, -0.05) is 60.5 Å². The summed E-state index contributed by atoms with van der Waals surface area (Å²) in [7, 11) is 0. The van der Waals surface area contributed by atoms with Crippen molar-refractivity contribution < 1.29 is 0 Å². The Kier molecular flexibility index (Phi) is 4.67. The van der Waals surface area contributed by atoms with Gasteiger partial charge < -0.3 is 0 Å². The minimum Gasteiger partial charge on any atom is -0.0888 e. The molecule has 1 fully saturated rings. The fourth-order valence-electron chi connectivity index (χ4n) is 2.51. The topological polar surface area (TPSA) is 0 Å². The van der Waals surface area contributed by atoms with Crippen LogP contribution in [0.1, 0.15) is 56.6 Å². The Balaban J connectivity index is 1.99. The van der Waals surface area contributed by atoms with Gasteiger partial charge in [-0.2, -0.15) is 0 Å². The molecule has 0 amide bonds. The van der Waals surface area contributed by atoms with Gasteiger partial charge in [-0.15, -0.1) is 0 Å². The Hall–Kier alpha value is -0.300. The van der Waals surface area contributed by atoms with Crippen molar-refractivity contribution in [2.45, 2.75) is 56.7 Å². The van der Waals surface area contributed by atoms with E-state index in [2.05, 4.69) is 54.0 Å². The second kappa shape index (κ2) is 6.04. The van der Waals surface area contributed by atoms with Crippen LogP contribution in [0.25, 0.3) is 0 Å². The minimum atomic E-state index is 0.650. The predicted octanol–water partition coefficient (Wildman–Crippen LogP) is 5.31. The van der Waals surface area contributed by atoms with Gasteiger partial charge in [0.1, 0.15) is 0 Å². The number of halogens is 1. The third-order valence-corrected chi connectivity index (χ3v) is 5.53. The first kappa shape index (κ1) is 13.1. The van der Waals surface area contributed by atoms with Gasteiger partial charge in [0.25, 0.3) is 0 Å². The zero-order chi connectivity index (χ0) is 12.3. The summed E-state index contributed by atoms with van der Waals surface area (Å²) in [5.41, 5.74) is 3.21. The maximum atomic E-state index is 3.79. The molecule has 0 heterocycles. The van der Waals surface area contributed by atoms with Gasteiger partial charge >= 0.3 is 0 Å². The average Bonchev–Trinajstić information content (AvgIpc) is 2.25. The van der Waals surface area contributed by atoms with Crippen molar-refractivity contribution in [2.24, 2.45) is 5.92 Å². The van der Waals surface area contributed by atoms with Crippen LogP contribution in [0.4, 0.5) is 0 Å². The van der Waals surface area contributed by atoms with E-state index in [1.807, 2.05) is 0 Å².